The summed E-state index contributed by atoms with van der Waals surface area (Å²) >= 11 is 17.1. The average Bonchev–Trinajstić information content (AvgIpc) is 2.48. The van der Waals surface area contributed by atoms with Crippen molar-refractivity contribution in [1.82, 2.24) is 9.80 Å². The van der Waals surface area contributed by atoms with Gasteiger partial charge in [0.05, 0.1) is 26.6 Å². The Labute approximate surface area is 139 Å². The van der Waals surface area contributed by atoms with E-state index in [0.717, 1.165) is 13.1 Å². The molecule has 1 heterocycles. The number of amides is 1. The third kappa shape index (κ3) is 3.66. The highest BCUT2D eigenvalue weighted by Crippen LogP contribution is 2.26. The van der Waals surface area contributed by atoms with E-state index < -0.39 is 0 Å². The van der Waals surface area contributed by atoms with Gasteiger partial charge in [0.15, 0.2) is 0 Å². The van der Waals surface area contributed by atoms with Crippen LogP contribution in [0.3, 0.4) is 0 Å². The minimum atomic E-state index is -0.0925. The fourth-order valence-corrected chi connectivity index (χ4v) is 2.86. The first-order valence-electron chi connectivity index (χ1n) is 6.68. The molecule has 0 saturated carbocycles. The van der Waals surface area contributed by atoms with Crippen LogP contribution in [0.25, 0.3) is 0 Å². The number of thiocarbonyl (C=S) groups is 1. The SMILES string of the molecule is CC(C(N)=S)N1CCN(C(=O)c2cccc(Cl)c2Cl)CC1. The van der Waals surface area contributed by atoms with Crippen molar-refractivity contribution in [3.63, 3.8) is 0 Å². The van der Waals surface area contributed by atoms with Crippen molar-refractivity contribution in [3.05, 3.63) is 33.8 Å². The monoisotopic (exact) mass is 345 g/mol. The molecule has 0 bridgehead atoms. The maximum Gasteiger partial charge on any atom is 0.255 e. The molecule has 7 heteroatoms. The molecule has 0 radical (unpaired) electrons. The maximum atomic E-state index is 12.5. The Hall–Kier alpha value is -0.880. The van der Waals surface area contributed by atoms with E-state index in [4.69, 9.17) is 41.2 Å². The summed E-state index contributed by atoms with van der Waals surface area (Å²) in [4.78, 5) is 16.9. The molecule has 2 rings (SSSR count). The fraction of sp³-hybridized carbons (Fsp3) is 0.429. The van der Waals surface area contributed by atoms with Gasteiger partial charge in [-0.1, -0.05) is 41.5 Å². The van der Waals surface area contributed by atoms with Gasteiger partial charge in [-0.2, -0.15) is 0 Å². The summed E-state index contributed by atoms with van der Waals surface area (Å²) in [5, 5.41) is 0.700. The van der Waals surface area contributed by atoms with Gasteiger partial charge in [0, 0.05) is 26.2 Å². The minimum Gasteiger partial charge on any atom is -0.392 e. The minimum absolute atomic E-state index is 0.0482. The molecule has 1 saturated heterocycles. The van der Waals surface area contributed by atoms with Crippen LogP contribution in [0.5, 0.6) is 0 Å². The van der Waals surface area contributed by atoms with Crippen LogP contribution in [0, 0.1) is 0 Å². The first-order chi connectivity index (χ1) is 9.91. The predicted molar refractivity (Wildman–Crippen MR) is 90.2 cm³/mol. The highest BCUT2D eigenvalue weighted by atomic mass is 35.5. The standard InChI is InChI=1S/C14H17Cl2N3OS/c1-9(13(17)21)18-5-7-19(8-6-18)14(20)10-3-2-4-11(15)12(10)16/h2-4,9H,5-8H2,1H3,(H2,17,21). The third-order valence-electron chi connectivity index (χ3n) is 3.74. The molecule has 1 aromatic rings. The van der Waals surface area contributed by atoms with Gasteiger partial charge in [-0.15, -0.1) is 0 Å². The normalized spacial score (nSPS) is 17.6. The number of piperazine rings is 1. The Balaban J connectivity index is 2.04. The largest absolute Gasteiger partial charge is 0.392 e. The predicted octanol–water partition coefficient (Wildman–Crippen LogP) is 2.43. The van der Waals surface area contributed by atoms with Crippen LogP contribution in [0.4, 0.5) is 0 Å². The van der Waals surface area contributed by atoms with Crippen molar-refractivity contribution < 1.29 is 4.79 Å². The molecule has 0 aromatic heterocycles. The number of nitrogens with two attached hydrogens (primary N) is 1. The molecule has 21 heavy (non-hydrogen) atoms. The van der Waals surface area contributed by atoms with Crippen LogP contribution in [0.2, 0.25) is 10.0 Å². The zero-order chi connectivity index (χ0) is 15.6. The van der Waals surface area contributed by atoms with Crippen LogP contribution in [0.15, 0.2) is 18.2 Å². The number of rotatable bonds is 3. The molecule has 1 aromatic carbocycles. The summed E-state index contributed by atoms with van der Waals surface area (Å²) in [6, 6.07) is 5.14. The molecule has 1 atom stereocenters. The van der Waals surface area contributed by atoms with Gasteiger partial charge in [0.1, 0.15) is 0 Å². The number of hydrogen-bond acceptors (Lipinski definition) is 3. The van der Waals surface area contributed by atoms with E-state index in [1.165, 1.54) is 0 Å². The Morgan fingerprint density at radius 1 is 1.29 bits per heavy atom. The van der Waals surface area contributed by atoms with Crippen LogP contribution >= 0.6 is 35.4 Å². The maximum absolute atomic E-state index is 12.5. The lowest BCUT2D eigenvalue weighted by Gasteiger charge is -2.37. The lowest BCUT2D eigenvalue weighted by molar-refractivity contribution is 0.0622. The molecule has 114 valence electrons. The van der Waals surface area contributed by atoms with Gasteiger partial charge in [-0.3, -0.25) is 9.69 Å². The summed E-state index contributed by atoms with van der Waals surface area (Å²) in [5.74, 6) is -0.0925. The Morgan fingerprint density at radius 3 is 2.48 bits per heavy atom. The third-order valence-corrected chi connectivity index (χ3v) is 4.90. The van der Waals surface area contributed by atoms with Gasteiger partial charge in [0.25, 0.3) is 5.91 Å². The van der Waals surface area contributed by atoms with E-state index in [2.05, 4.69) is 4.90 Å². The number of carbonyl (C=O) groups is 1. The molecule has 1 unspecified atom stereocenters. The van der Waals surface area contributed by atoms with Gasteiger partial charge in [-0.25, -0.2) is 0 Å². The molecule has 2 N–H and O–H groups in total. The smallest absolute Gasteiger partial charge is 0.255 e. The second-order valence-corrected chi connectivity index (χ2v) is 6.26. The second-order valence-electron chi connectivity index (χ2n) is 5.01. The van der Waals surface area contributed by atoms with Gasteiger partial charge < -0.3 is 10.6 Å². The fourth-order valence-electron chi connectivity index (χ4n) is 2.33. The van der Waals surface area contributed by atoms with Crippen molar-refractivity contribution in [2.75, 3.05) is 26.2 Å². The molecule has 0 spiro atoms. The number of carbonyl (C=O) groups excluding carboxylic acids is 1. The van der Waals surface area contributed by atoms with E-state index in [1.54, 1.807) is 23.1 Å². The van der Waals surface area contributed by atoms with Crippen molar-refractivity contribution >= 4 is 46.3 Å². The van der Waals surface area contributed by atoms with Crippen molar-refractivity contribution in [1.29, 1.82) is 0 Å². The molecule has 1 amide bonds. The Morgan fingerprint density at radius 2 is 1.90 bits per heavy atom. The Bertz CT molecular complexity index is 559. The molecule has 1 aliphatic rings. The van der Waals surface area contributed by atoms with Gasteiger partial charge in [-0.05, 0) is 19.1 Å². The van der Waals surface area contributed by atoms with Crippen LogP contribution in [-0.4, -0.2) is 52.9 Å². The van der Waals surface area contributed by atoms with Crippen molar-refractivity contribution in [2.45, 2.75) is 13.0 Å². The molecular formula is C14H17Cl2N3OS. The van der Waals surface area contributed by atoms with Gasteiger partial charge >= 0.3 is 0 Å². The number of halogens is 2. The average molecular weight is 346 g/mol. The van der Waals surface area contributed by atoms with E-state index in [0.29, 0.717) is 33.7 Å². The summed E-state index contributed by atoms with van der Waals surface area (Å²) < 4.78 is 0. The first kappa shape index (κ1) is 16.5. The number of benzene rings is 1. The zero-order valence-electron chi connectivity index (χ0n) is 11.7. The van der Waals surface area contributed by atoms with Crippen molar-refractivity contribution in [2.24, 2.45) is 5.73 Å². The quantitative estimate of drug-likeness (QED) is 0.854. The summed E-state index contributed by atoms with van der Waals surface area (Å²) in [6.07, 6.45) is 0. The topological polar surface area (TPSA) is 49.6 Å². The van der Waals surface area contributed by atoms with Crippen LogP contribution < -0.4 is 5.73 Å². The van der Waals surface area contributed by atoms with Crippen molar-refractivity contribution in [3.8, 4) is 0 Å². The van der Waals surface area contributed by atoms with E-state index in [1.807, 2.05) is 6.92 Å². The first-order valence-corrected chi connectivity index (χ1v) is 7.85. The lowest BCUT2D eigenvalue weighted by atomic mass is 10.1. The molecule has 1 fully saturated rings. The van der Waals surface area contributed by atoms with E-state index in [-0.39, 0.29) is 11.9 Å². The van der Waals surface area contributed by atoms with E-state index in [9.17, 15) is 4.79 Å². The van der Waals surface area contributed by atoms with Crippen LogP contribution in [-0.2, 0) is 0 Å². The summed E-state index contributed by atoms with van der Waals surface area (Å²) in [6.45, 7) is 4.70. The second kappa shape index (κ2) is 6.92. The van der Waals surface area contributed by atoms with Gasteiger partial charge in [0.2, 0.25) is 0 Å². The highest BCUT2D eigenvalue weighted by Gasteiger charge is 2.26. The van der Waals surface area contributed by atoms with E-state index >= 15 is 0 Å². The highest BCUT2D eigenvalue weighted by molar-refractivity contribution is 7.80. The molecule has 4 nitrogen and oxygen atoms in total. The number of nitrogens with zero attached hydrogens (tertiary/aromatic N) is 2. The number of hydrogen-bond donors (Lipinski definition) is 1. The zero-order valence-corrected chi connectivity index (χ0v) is 14.0. The van der Waals surface area contributed by atoms with Crippen LogP contribution in [0.1, 0.15) is 17.3 Å². The molecular weight excluding hydrogens is 329 g/mol. The summed E-state index contributed by atoms with van der Waals surface area (Å²) in [5.41, 5.74) is 6.11. The molecule has 0 aliphatic carbocycles. The Kier molecular flexibility index (Phi) is 5.43. The summed E-state index contributed by atoms with van der Waals surface area (Å²) in [7, 11) is 0. The lowest BCUT2D eigenvalue weighted by Crippen LogP contribution is -2.54. The molecule has 1 aliphatic heterocycles.